The number of para-hydroxylation sites is 1. The van der Waals surface area contributed by atoms with Crippen molar-refractivity contribution in [3.63, 3.8) is 0 Å². The lowest BCUT2D eigenvalue weighted by Gasteiger charge is -2.38. The van der Waals surface area contributed by atoms with Crippen LogP contribution in [0.3, 0.4) is 0 Å². The molecule has 98 valence electrons. The van der Waals surface area contributed by atoms with Crippen LogP contribution >= 0.6 is 0 Å². The summed E-state index contributed by atoms with van der Waals surface area (Å²) in [4.78, 5) is 13.7. The minimum Gasteiger partial charge on any atom is -0.410 e. The van der Waals surface area contributed by atoms with Crippen LogP contribution in [0.1, 0.15) is 19.8 Å². The lowest BCUT2D eigenvalue weighted by atomic mass is 9.90. The summed E-state index contributed by atoms with van der Waals surface area (Å²) in [5.74, 6) is 0.601. The highest BCUT2D eigenvalue weighted by Crippen LogP contribution is 2.22. The van der Waals surface area contributed by atoms with E-state index in [1.165, 1.54) is 0 Å². The van der Waals surface area contributed by atoms with Crippen LogP contribution in [0.4, 0.5) is 4.79 Å². The van der Waals surface area contributed by atoms with E-state index >= 15 is 0 Å². The number of benzene rings is 1. The molecule has 0 unspecified atom stereocenters. The molecule has 2 rings (SSSR count). The Hall–Kier alpha value is -1.55. The Labute approximate surface area is 108 Å². The van der Waals surface area contributed by atoms with Gasteiger partial charge in [0.2, 0.25) is 0 Å². The topological polar surface area (TPSA) is 41.6 Å². The third-order valence-electron chi connectivity index (χ3n) is 3.68. The van der Waals surface area contributed by atoms with Crippen LogP contribution in [0, 0.1) is 0 Å². The smallest absolute Gasteiger partial charge is 0.410 e. The Morgan fingerprint density at radius 2 is 1.89 bits per heavy atom. The number of hydrogen-bond donors (Lipinski definition) is 1. The van der Waals surface area contributed by atoms with Gasteiger partial charge in [-0.25, -0.2) is 4.79 Å². The Kier molecular flexibility index (Phi) is 3.87. The molecule has 1 saturated heterocycles. The standard InChI is InChI=1S/C14H20N2O2/c1-14(15-2)8-10-16(11-9-14)13(17)18-12-6-4-3-5-7-12/h3-7,15H,8-11H2,1-2H3. The first-order valence-electron chi connectivity index (χ1n) is 6.34. The molecular weight excluding hydrogens is 228 g/mol. The SMILES string of the molecule is CNC1(C)CCN(C(=O)Oc2ccccc2)CC1. The van der Waals surface area contributed by atoms with Crippen molar-refractivity contribution in [2.24, 2.45) is 0 Å². The highest BCUT2D eigenvalue weighted by Gasteiger charge is 2.31. The zero-order valence-electron chi connectivity index (χ0n) is 11.0. The minimum atomic E-state index is -0.251. The summed E-state index contributed by atoms with van der Waals surface area (Å²) in [5.41, 5.74) is 0.142. The predicted octanol–water partition coefficient (Wildman–Crippen LogP) is 2.26. The van der Waals surface area contributed by atoms with E-state index in [9.17, 15) is 4.79 Å². The Morgan fingerprint density at radius 1 is 1.28 bits per heavy atom. The number of amides is 1. The largest absolute Gasteiger partial charge is 0.415 e. The van der Waals surface area contributed by atoms with Crippen LogP contribution in [0.15, 0.2) is 30.3 Å². The van der Waals surface area contributed by atoms with Gasteiger partial charge in [-0.15, -0.1) is 0 Å². The van der Waals surface area contributed by atoms with E-state index in [2.05, 4.69) is 12.2 Å². The number of piperidine rings is 1. The number of ether oxygens (including phenoxy) is 1. The second-order valence-corrected chi connectivity index (χ2v) is 4.98. The van der Waals surface area contributed by atoms with Gasteiger partial charge in [0.05, 0.1) is 0 Å². The van der Waals surface area contributed by atoms with Gasteiger partial charge in [-0.05, 0) is 38.9 Å². The lowest BCUT2D eigenvalue weighted by molar-refractivity contribution is 0.120. The number of likely N-dealkylation sites (tertiary alicyclic amines) is 1. The molecule has 0 aliphatic carbocycles. The fraction of sp³-hybridized carbons (Fsp3) is 0.500. The van der Waals surface area contributed by atoms with E-state index in [1.807, 2.05) is 25.2 Å². The maximum absolute atomic E-state index is 12.0. The maximum Gasteiger partial charge on any atom is 0.415 e. The summed E-state index contributed by atoms with van der Waals surface area (Å²) < 4.78 is 5.32. The Balaban J connectivity index is 1.88. The molecule has 0 radical (unpaired) electrons. The number of carbonyl (C=O) groups excluding carboxylic acids is 1. The van der Waals surface area contributed by atoms with Crippen LogP contribution in [0.5, 0.6) is 5.75 Å². The molecule has 1 amide bonds. The van der Waals surface area contributed by atoms with E-state index in [0.29, 0.717) is 5.75 Å². The number of hydrogen-bond acceptors (Lipinski definition) is 3. The minimum absolute atomic E-state index is 0.142. The van der Waals surface area contributed by atoms with E-state index in [-0.39, 0.29) is 11.6 Å². The van der Waals surface area contributed by atoms with Crippen molar-refractivity contribution in [2.45, 2.75) is 25.3 Å². The van der Waals surface area contributed by atoms with Gasteiger partial charge >= 0.3 is 6.09 Å². The van der Waals surface area contributed by atoms with Gasteiger partial charge in [0.1, 0.15) is 5.75 Å². The van der Waals surface area contributed by atoms with E-state index in [4.69, 9.17) is 4.74 Å². The molecule has 0 atom stereocenters. The lowest BCUT2D eigenvalue weighted by Crippen LogP contribution is -2.51. The Morgan fingerprint density at radius 3 is 2.44 bits per heavy atom. The van der Waals surface area contributed by atoms with Gasteiger partial charge in [0, 0.05) is 18.6 Å². The summed E-state index contributed by atoms with van der Waals surface area (Å²) in [5, 5.41) is 3.31. The zero-order valence-corrected chi connectivity index (χ0v) is 11.0. The van der Waals surface area contributed by atoms with Crippen molar-refractivity contribution < 1.29 is 9.53 Å². The molecule has 18 heavy (non-hydrogen) atoms. The average Bonchev–Trinajstić information content (AvgIpc) is 2.40. The van der Waals surface area contributed by atoms with Crippen LogP contribution in [-0.4, -0.2) is 36.7 Å². The second-order valence-electron chi connectivity index (χ2n) is 4.98. The molecule has 1 aromatic rings. The molecule has 1 aromatic carbocycles. The summed E-state index contributed by atoms with van der Waals surface area (Å²) in [7, 11) is 1.97. The highest BCUT2D eigenvalue weighted by molar-refractivity contribution is 5.70. The number of rotatable bonds is 2. The summed E-state index contributed by atoms with van der Waals surface area (Å²) in [6, 6.07) is 9.20. The van der Waals surface area contributed by atoms with E-state index < -0.39 is 0 Å². The first kappa shape index (κ1) is 12.9. The van der Waals surface area contributed by atoms with Crippen molar-refractivity contribution in [1.29, 1.82) is 0 Å². The van der Waals surface area contributed by atoms with Gasteiger partial charge < -0.3 is 15.0 Å². The van der Waals surface area contributed by atoms with Gasteiger partial charge in [0.15, 0.2) is 0 Å². The molecular formula is C14H20N2O2. The van der Waals surface area contributed by atoms with Crippen molar-refractivity contribution in [3.8, 4) is 5.75 Å². The van der Waals surface area contributed by atoms with Crippen molar-refractivity contribution in [2.75, 3.05) is 20.1 Å². The molecule has 0 aromatic heterocycles. The molecule has 4 nitrogen and oxygen atoms in total. The third kappa shape index (κ3) is 3.01. The summed E-state index contributed by atoms with van der Waals surface area (Å²) >= 11 is 0. The predicted molar refractivity (Wildman–Crippen MR) is 70.7 cm³/mol. The molecule has 1 N–H and O–H groups in total. The van der Waals surface area contributed by atoms with Crippen molar-refractivity contribution in [3.05, 3.63) is 30.3 Å². The second kappa shape index (κ2) is 5.40. The van der Waals surface area contributed by atoms with Crippen molar-refractivity contribution in [1.82, 2.24) is 10.2 Å². The van der Waals surface area contributed by atoms with Gasteiger partial charge in [-0.3, -0.25) is 0 Å². The third-order valence-corrected chi connectivity index (χ3v) is 3.68. The quantitative estimate of drug-likeness (QED) is 0.873. The molecule has 1 aliphatic heterocycles. The molecule has 1 fully saturated rings. The molecule has 1 heterocycles. The molecule has 0 spiro atoms. The average molecular weight is 248 g/mol. The fourth-order valence-electron chi connectivity index (χ4n) is 2.09. The van der Waals surface area contributed by atoms with Gasteiger partial charge in [-0.2, -0.15) is 0 Å². The van der Waals surface area contributed by atoms with E-state index in [1.54, 1.807) is 17.0 Å². The van der Waals surface area contributed by atoms with Gasteiger partial charge in [0.25, 0.3) is 0 Å². The van der Waals surface area contributed by atoms with E-state index in [0.717, 1.165) is 25.9 Å². The molecule has 4 heteroatoms. The van der Waals surface area contributed by atoms with Crippen LogP contribution in [0.2, 0.25) is 0 Å². The Bertz CT molecular complexity index is 398. The van der Waals surface area contributed by atoms with Crippen LogP contribution in [-0.2, 0) is 0 Å². The number of carbonyl (C=O) groups is 1. The van der Waals surface area contributed by atoms with Crippen LogP contribution in [0.25, 0.3) is 0 Å². The zero-order chi connectivity index (χ0) is 13.0. The van der Waals surface area contributed by atoms with Gasteiger partial charge in [-0.1, -0.05) is 18.2 Å². The number of nitrogens with zero attached hydrogens (tertiary/aromatic N) is 1. The van der Waals surface area contributed by atoms with Crippen LogP contribution < -0.4 is 10.1 Å². The molecule has 1 aliphatic rings. The molecule has 0 saturated carbocycles. The maximum atomic E-state index is 12.0. The monoisotopic (exact) mass is 248 g/mol. The summed E-state index contributed by atoms with van der Waals surface area (Å²) in [6.07, 6.45) is 1.65. The number of nitrogens with one attached hydrogen (secondary N) is 1. The first-order valence-corrected chi connectivity index (χ1v) is 6.34. The highest BCUT2D eigenvalue weighted by atomic mass is 16.6. The molecule has 0 bridgehead atoms. The first-order chi connectivity index (χ1) is 8.63. The normalized spacial score (nSPS) is 18.4. The summed E-state index contributed by atoms with van der Waals surface area (Å²) in [6.45, 7) is 3.67. The van der Waals surface area contributed by atoms with Crippen molar-refractivity contribution >= 4 is 6.09 Å². The fourth-order valence-corrected chi connectivity index (χ4v) is 2.09.